The van der Waals surface area contributed by atoms with Crippen LogP contribution >= 0.6 is 0 Å². The molecule has 0 bridgehead atoms. The van der Waals surface area contributed by atoms with Crippen LogP contribution in [-0.4, -0.2) is 39.0 Å². The number of carbonyl (C=O) groups is 1. The van der Waals surface area contributed by atoms with E-state index in [0.717, 1.165) is 72.4 Å². The number of methoxy groups -OCH3 is 1. The number of ether oxygens (including phenoxy) is 1. The molecule has 0 aliphatic heterocycles. The van der Waals surface area contributed by atoms with Crippen molar-refractivity contribution in [3.8, 4) is 16.9 Å². The Balaban J connectivity index is 1.24. The van der Waals surface area contributed by atoms with Gasteiger partial charge in [0, 0.05) is 29.3 Å². The van der Waals surface area contributed by atoms with Gasteiger partial charge in [-0.2, -0.15) is 5.10 Å². The van der Waals surface area contributed by atoms with Gasteiger partial charge in [-0.15, -0.1) is 0 Å². The Morgan fingerprint density at radius 3 is 2.56 bits per heavy atom. The van der Waals surface area contributed by atoms with Gasteiger partial charge in [0.2, 0.25) is 5.91 Å². The fourth-order valence-electron chi connectivity index (χ4n) is 7.17. The summed E-state index contributed by atoms with van der Waals surface area (Å²) < 4.78 is 7.50. The minimum Gasteiger partial charge on any atom is -0.495 e. The molecule has 4 atom stereocenters. The molecule has 3 aromatic rings. The van der Waals surface area contributed by atoms with Crippen LogP contribution in [0.1, 0.15) is 106 Å². The van der Waals surface area contributed by atoms with Crippen LogP contribution in [0.15, 0.2) is 48.8 Å². The van der Waals surface area contributed by atoms with Crippen LogP contribution in [0.2, 0.25) is 0 Å². The average molecular weight is 557 g/mol. The number of hydrogen-bond donors (Lipinski definition) is 2. The summed E-state index contributed by atoms with van der Waals surface area (Å²) in [4.78, 5) is 18.3. The zero-order chi connectivity index (χ0) is 28.3. The average Bonchev–Trinajstić information content (AvgIpc) is 3.45. The van der Waals surface area contributed by atoms with Crippen molar-refractivity contribution >= 4 is 5.91 Å². The second-order valence-electron chi connectivity index (χ2n) is 12.5. The van der Waals surface area contributed by atoms with Gasteiger partial charge in [0.05, 0.1) is 37.2 Å². The normalized spacial score (nSPS) is 24.4. The van der Waals surface area contributed by atoms with Gasteiger partial charge in [0.1, 0.15) is 5.75 Å². The molecule has 7 heteroatoms. The Labute approximate surface area is 243 Å². The predicted octanol–water partition coefficient (Wildman–Crippen LogP) is 6.67. The second kappa shape index (κ2) is 12.4. The summed E-state index contributed by atoms with van der Waals surface area (Å²) in [6, 6.07) is 12.9. The van der Waals surface area contributed by atoms with Gasteiger partial charge in [-0.1, -0.05) is 37.5 Å². The lowest BCUT2D eigenvalue weighted by Gasteiger charge is -2.38. The molecular weight excluding hydrogens is 512 g/mol. The summed E-state index contributed by atoms with van der Waals surface area (Å²) in [5.74, 6) is 1.14. The first-order valence-corrected chi connectivity index (χ1v) is 15.6. The van der Waals surface area contributed by atoms with Gasteiger partial charge in [-0.25, -0.2) is 0 Å². The zero-order valence-electron chi connectivity index (χ0n) is 24.5. The summed E-state index contributed by atoms with van der Waals surface area (Å²) in [7, 11) is 1.65. The van der Waals surface area contributed by atoms with E-state index in [1.54, 1.807) is 7.11 Å². The minimum absolute atomic E-state index is 0.0192. The van der Waals surface area contributed by atoms with Gasteiger partial charge in [-0.3, -0.25) is 14.5 Å². The molecule has 1 aromatic carbocycles. The highest BCUT2D eigenvalue weighted by molar-refractivity contribution is 5.79. The van der Waals surface area contributed by atoms with Crippen LogP contribution < -0.4 is 10.1 Å². The molecule has 1 amide bonds. The van der Waals surface area contributed by atoms with E-state index in [4.69, 9.17) is 9.72 Å². The van der Waals surface area contributed by atoms with Gasteiger partial charge < -0.3 is 15.2 Å². The highest BCUT2D eigenvalue weighted by Gasteiger charge is 2.37. The van der Waals surface area contributed by atoms with Crippen molar-refractivity contribution in [2.45, 2.75) is 102 Å². The summed E-state index contributed by atoms with van der Waals surface area (Å²) in [5, 5.41) is 19.6. The summed E-state index contributed by atoms with van der Waals surface area (Å²) >= 11 is 0. The van der Waals surface area contributed by atoms with Crippen LogP contribution in [0.25, 0.3) is 11.1 Å². The molecule has 3 fully saturated rings. The Kier molecular flexibility index (Phi) is 8.42. The number of pyridine rings is 1. The number of nitrogens with zero attached hydrogens (tertiary/aromatic N) is 3. The zero-order valence-corrected chi connectivity index (χ0v) is 24.5. The highest BCUT2D eigenvalue weighted by Crippen LogP contribution is 2.42. The summed E-state index contributed by atoms with van der Waals surface area (Å²) in [6.07, 6.45) is 15.1. The van der Waals surface area contributed by atoms with Crippen LogP contribution in [0.5, 0.6) is 5.75 Å². The van der Waals surface area contributed by atoms with Crippen LogP contribution in [-0.2, 0) is 4.79 Å². The SMILES string of the molecule is COc1ccc(C2CCC(C(NC(=O)C3CCCCC3)c3cccc(-c4cnn(C5CCC5)c4)c3)CC2O)nc1C. The van der Waals surface area contributed by atoms with Gasteiger partial charge in [-0.05, 0) is 93.5 Å². The number of aryl methyl sites for hydroxylation is 1. The maximum Gasteiger partial charge on any atom is 0.223 e. The van der Waals surface area contributed by atoms with E-state index in [1.807, 2.05) is 25.3 Å². The smallest absolute Gasteiger partial charge is 0.223 e. The molecule has 0 spiro atoms. The Bertz CT molecular complexity index is 1340. The van der Waals surface area contributed by atoms with E-state index < -0.39 is 6.10 Å². The maximum absolute atomic E-state index is 13.6. The maximum atomic E-state index is 13.6. The molecule has 41 heavy (non-hydrogen) atoms. The first kappa shape index (κ1) is 28.0. The number of rotatable bonds is 8. The number of nitrogens with one attached hydrogen (secondary N) is 1. The quantitative estimate of drug-likeness (QED) is 0.323. The fourth-order valence-corrected chi connectivity index (χ4v) is 7.17. The number of benzene rings is 1. The van der Waals surface area contributed by atoms with Crippen molar-refractivity contribution in [2.75, 3.05) is 7.11 Å². The fraction of sp³-hybridized carbons (Fsp3) is 0.559. The van der Waals surface area contributed by atoms with E-state index in [0.29, 0.717) is 12.5 Å². The van der Waals surface area contributed by atoms with E-state index in [1.165, 1.54) is 25.7 Å². The number of hydrogen-bond acceptors (Lipinski definition) is 5. The van der Waals surface area contributed by atoms with Crippen molar-refractivity contribution in [3.63, 3.8) is 0 Å². The molecule has 218 valence electrons. The number of amides is 1. The van der Waals surface area contributed by atoms with Gasteiger partial charge >= 0.3 is 0 Å². The van der Waals surface area contributed by atoms with Crippen LogP contribution in [0.3, 0.4) is 0 Å². The van der Waals surface area contributed by atoms with Crippen molar-refractivity contribution in [1.82, 2.24) is 20.1 Å². The van der Waals surface area contributed by atoms with E-state index >= 15 is 0 Å². The Morgan fingerprint density at radius 1 is 1.02 bits per heavy atom. The molecule has 0 radical (unpaired) electrons. The number of carbonyl (C=O) groups excluding carboxylic acids is 1. The third-order valence-electron chi connectivity index (χ3n) is 9.89. The Morgan fingerprint density at radius 2 is 1.85 bits per heavy atom. The van der Waals surface area contributed by atoms with Gasteiger partial charge in [0.15, 0.2) is 0 Å². The molecule has 3 aliphatic rings. The molecule has 7 nitrogen and oxygen atoms in total. The molecule has 2 aromatic heterocycles. The summed E-state index contributed by atoms with van der Waals surface area (Å²) in [5.41, 5.74) is 5.10. The van der Waals surface area contributed by atoms with Crippen LogP contribution in [0.4, 0.5) is 0 Å². The lowest BCUT2D eigenvalue weighted by molar-refractivity contribution is -0.127. The third kappa shape index (κ3) is 6.06. The topological polar surface area (TPSA) is 89.3 Å². The molecule has 0 saturated heterocycles. The van der Waals surface area contributed by atoms with Crippen LogP contribution in [0, 0.1) is 18.8 Å². The lowest BCUT2D eigenvalue weighted by atomic mass is 9.73. The van der Waals surface area contributed by atoms with Crippen molar-refractivity contribution < 1.29 is 14.6 Å². The highest BCUT2D eigenvalue weighted by atomic mass is 16.5. The first-order chi connectivity index (χ1) is 20.0. The molecule has 2 heterocycles. The predicted molar refractivity (Wildman–Crippen MR) is 160 cm³/mol. The molecule has 6 rings (SSSR count). The monoisotopic (exact) mass is 556 g/mol. The largest absolute Gasteiger partial charge is 0.495 e. The van der Waals surface area contributed by atoms with E-state index in [-0.39, 0.29) is 29.7 Å². The molecule has 2 N–H and O–H groups in total. The van der Waals surface area contributed by atoms with E-state index in [2.05, 4.69) is 45.6 Å². The summed E-state index contributed by atoms with van der Waals surface area (Å²) in [6.45, 7) is 1.94. The number of aliphatic hydroxyl groups excluding tert-OH is 1. The second-order valence-corrected chi connectivity index (χ2v) is 12.5. The number of aliphatic hydroxyl groups is 1. The lowest BCUT2D eigenvalue weighted by Crippen LogP contribution is -2.41. The molecule has 3 saturated carbocycles. The first-order valence-electron chi connectivity index (χ1n) is 15.6. The third-order valence-corrected chi connectivity index (χ3v) is 9.89. The standard InChI is InChI=1S/C34H44N4O3/c1-22-32(41-2)17-16-30(36-22)29-15-14-26(19-31(29)39)33(37-34(40)23-8-4-3-5-9-23)25-11-6-10-24(18-25)27-20-35-38(21-27)28-12-7-13-28/h6,10-11,16-18,20-21,23,26,28-29,31,33,39H,3-5,7-9,12-15,19H2,1-2H3,(H,37,40). The molecular formula is C34H44N4O3. The molecule has 4 unspecified atom stereocenters. The Hall–Kier alpha value is -3.19. The molecule has 3 aliphatic carbocycles. The van der Waals surface area contributed by atoms with Crippen molar-refractivity contribution in [3.05, 3.63) is 65.7 Å². The van der Waals surface area contributed by atoms with Crippen molar-refractivity contribution in [1.29, 1.82) is 0 Å². The van der Waals surface area contributed by atoms with Crippen molar-refractivity contribution in [2.24, 2.45) is 11.8 Å². The van der Waals surface area contributed by atoms with E-state index in [9.17, 15) is 9.90 Å². The van der Waals surface area contributed by atoms with Gasteiger partial charge in [0.25, 0.3) is 0 Å². The number of aromatic nitrogens is 3. The minimum atomic E-state index is -0.521.